The summed E-state index contributed by atoms with van der Waals surface area (Å²) in [5.41, 5.74) is -1.87. The lowest BCUT2D eigenvalue weighted by Gasteiger charge is -2.30. The average molecular weight is 517 g/mol. The van der Waals surface area contributed by atoms with Crippen LogP contribution in [0.5, 0.6) is 11.5 Å². The van der Waals surface area contributed by atoms with Crippen LogP contribution in [0, 0.1) is 5.92 Å². The van der Waals surface area contributed by atoms with Gasteiger partial charge in [-0.3, -0.25) is 0 Å². The topological polar surface area (TPSA) is 42.5 Å². The minimum atomic E-state index is -4.89. The van der Waals surface area contributed by atoms with Gasteiger partial charge in [-0.1, -0.05) is 12.6 Å². The van der Waals surface area contributed by atoms with Gasteiger partial charge in [-0.05, 0) is 61.4 Å². The predicted octanol–water partition coefficient (Wildman–Crippen LogP) is 6.65. The maximum absolute atomic E-state index is 13.1. The van der Waals surface area contributed by atoms with Crippen LogP contribution in [0.15, 0.2) is 43.0 Å². The molecule has 1 fully saturated rings. The summed E-state index contributed by atoms with van der Waals surface area (Å²) in [5.74, 6) is 1.69. The highest BCUT2D eigenvalue weighted by Crippen LogP contribution is 2.37. The van der Waals surface area contributed by atoms with E-state index in [0.717, 1.165) is 37.0 Å². The quantitative estimate of drug-likeness (QED) is 0.366. The summed E-state index contributed by atoms with van der Waals surface area (Å²) in [6.45, 7) is 4.74. The highest BCUT2D eigenvalue weighted by molar-refractivity contribution is 5.63. The number of ether oxygens (including phenoxy) is 2. The second kappa shape index (κ2) is 11.5. The maximum Gasteiger partial charge on any atom is 0.416 e. The molecule has 0 aromatic heterocycles. The number of nitrogens with one attached hydrogen (secondary N) is 2. The first-order chi connectivity index (χ1) is 16.9. The fourth-order valence-corrected chi connectivity index (χ4v) is 4.32. The molecule has 36 heavy (non-hydrogen) atoms. The molecule has 0 heterocycles. The van der Waals surface area contributed by atoms with Crippen molar-refractivity contribution in [1.29, 1.82) is 0 Å². The molecule has 0 aliphatic heterocycles. The van der Waals surface area contributed by atoms with E-state index in [0.29, 0.717) is 37.0 Å². The van der Waals surface area contributed by atoms with E-state index in [9.17, 15) is 26.3 Å². The molecule has 0 atom stereocenters. The van der Waals surface area contributed by atoms with Gasteiger partial charge in [0.05, 0.1) is 25.3 Å². The Morgan fingerprint density at radius 2 is 1.50 bits per heavy atom. The van der Waals surface area contributed by atoms with Crippen molar-refractivity contribution in [1.82, 2.24) is 10.6 Å². The lowest BCUT2D eigenvalue weighted by atomic mass is 9.85. The first kappa shape index (κ1) is 27.7. The molecule has 198 valence electrons. The van der Waals surface area contributed by atoms with Crippen LogP contribution in [0.4, 0.5) is 26.3 Å². The van der Waals surface area contributed by atoms with Crippen molar-refractivity contribution in [2.45, 2.75) is 50.6 Å². The Morgan fingerprint density at radius 1 is 0.889 bits per heavy atom. The van der Waals surface area contributed by atoms with Gasteiger partial charge >= 0.3 is 12.4 Å². The maximum atomic E-state index is 13.1. The molecular formula is C26H30F6N2O2. The third-order valence-corrected chi connectivity index (χ3v) is 6.46. The van der Waals surface area contributed by atoms with Crippen molar-refractivity contribution < 1.29 is 35.8 Å². The minimum absolute atomic E-state index is 0.0402. The number of halogens is 6. The molecule has 1 aliphatic carbocycles. The van der Waals surface area contributed by atoms with E-state index < -0.39 is 23.5 Å². The van der Waals surface area contributed by atoms with Gasteiger partial charge < -0.3 is 20.1 Å². The highest BCUT2D eigenvalue weighted by Gasteiger charge is 2.37. The van der Waals surface area contributed by atoms with Gasteiger partial charge in [0.25, 0.3) is 0 Å². The number of alkyl halides is 6. The van der Waals surface area contributed by atoms with Gasteiger partial charge in [0.2, 0.25) is 0 Å². The third kappa shape index (κ3) is 7.32. The van der Waals surface area contributed by atoms with Crippen LogP contribution in [0.25, 0.3) is 5.70 Å². The molecule has 0 radical (unpaired) electrons. The number of hydrogen-bond acceptors (Lipinski definition) is 4. The van der Waals surface area contributed by atoms with Gasteiger partial charge in [-0.15, -0.1) is 0 Å². The number of rotatable bonds is 9. The molecule has 0 spiro atoms. The summed E-state index contributed by atoms with van der Waals surface area (Å²) in [4.78, 5) is 0. The SMILES string of the molecule is C=C(NC[C@H]1CC[C@H](NCc2ccc(OC)cc2OC)CC1)c1cc(C(F)(F)F)cc(C(F)(F)F)c1. The molecule has 0 unspecified atom stereocenters. The molecule has 2 aromatic carbocycles. The summed E-state index contributed by atoms with van der Waals surface area (Å²) in [5, 5.41) is 6.48. The van der Waals surface area contributed by atoms with E-state index in [1.807, 2.05) is 18.2 Å². The van der Waals surface area contributed by atoms with E-state index >= 15 is 0 Å². The predicted molar refractivity (Wildman–Crippen MR) is 126 cm³/mol. The molecular weight excluding hydrogens is 486 g/mol. The molecule has 4 nitrogen and oxygen atoms in total. The zero-order valence-corrected chi connectivity index (χ0v) is 20.2. The van der Waals surface area contributed by atoms with Crippen LogP contribution in [0.2, 0.25) is 0 Å². The van der Waals surface area contributed by atoms with E-state index in [1.165, 1.54) is 0 Å². The minimum Gasteiger partial charge on any atom is -0.497 e. The molecule has 2 N–H and O–H groups in total. The zero-order chi connectivity index (χ0) is 26.5. The average Bonchev–Trinajstić information content (AvgIpc) is 2.85. The van der Waals surface area contributed by atoms with E-state index in [1.54, 1.807) is 14.2 Å². The summed E-state index contributed by atoms with van der Waals surface area (Å²) < 4.78 is 89.4. The number of benzene rings is 2. The third-order valence-electron chi connectivity index (χ3n) is 6.46. The normalized spacial score (nSPS) is 18.6. The second-order valence-electron chi connectivity index (χ2n) is 8.93. The van der Waals surface area contributed by atoms with Crippen LogP contribution in [0.1, 0.15) is 47.9 Å². The number of methoxy groups -OCH3 is 2. The van der Waals surface area contributed by atoms with Crippen LogP contribution in [0.3, 0.4) is 0 Å². The Bertz CT molecular complexity index is 1010. The molecule has 1 saturated carbocycles. The molecule has 3 rings (SSSR count). The van der Waals surface area contributed by atoms with E-state index in [2.05, 4.69) is 17.2 Å². The Morgan fingerprint density at radius 3 is 2.03 bits per heavy atom. The van der Waals surface area contributed by atoms with E-state index in [-0.39, 0.29) is 23.2 Å². The monoisotopic (exact) mass is 516 g/mol. The van der Waals surface area contributed by atoms with Crippen molar-refractivity contribution in [3.05, 3.63) is 65.2 Å². The zero-order valence-electron chi connectivity index (χ0n) is 20.2. The molecule has 0 saturated heterocycles. The van der Waals surface area contributed by atoms with Crippen molar-refractivity contribution in [2.75, 3.05) is 20.8 Å². The second-order valence-corrected chi connectivity index (χ2v) is 8.93. The Balaban J connectivity index is 1.52. The fraction of sp³-hybridized carbons (Fsp3) is 0.462. The van der Waals surface area contributed by atoms with Crippen molar-refractivity contribution in [2.24, 2.45) is 5.92 Å². The van der Waals surface area contributed by atoms with Crippen molar-refractivity contribution in [3.63, 3.8) is 0 Å². The first-order valence-electron chi connectivity index (χ1n) is 11.6. The number of hydrogen-bond donors (Lipinski definition) is 2. The summed E-state index contributed by atoms with van der Waals surface area (Å²) >= 11 is 0. The standard InChI is InChI=1S/C26H30F6N2O2/c1-16(19-10-20(25(27,28)29)12-21(11-19)26(30,31)32)33-14-17-4-7-22(8-5-17)34-15-18-6-9-23(35-2)13-24(18)36-3/h6,9-13,17,22,33-34H,1,4-5,7-8,14-15H2,2-3H3/t17-,22-. The fourth-order valence-electron chi connectivity index (χ4n) is 4.32. The molecule has 0 bridgehead atoms. The Labute approximate surface area is 206 Å². The highest BCUT2D eigenvalue weighted by atomic mass is 19.4. The van der Waals surface area contributed by atoms with Crippen LogP contribution in [-0.4, -0.2) is 26.8 Å². The van der Waals surface area contributed by atoms with Crippen LogP contribution < -0.4 is 20.1 Å². The molecule has 1 aliphatic rings. The first-order valence-corrected chi connectivity index (χ1v) is 11.6. The van der Waals surface area contributed by atoms with E-state index in [4.69, 9.17) is 9.47 Å². The van der Waals surface area contributed by atoms with Crippen LogP contribution in [-0.2, 0) is 18.9 Å². The molecule has 10 heteroatoms. The van der Waals surface area contributed by atoms with Gasteiger partial charge in [0.1, 0.15) is 11.5 Å². The lowest BCUT2D eigenvalue weighted by molar-refractivity contribution is -0.143. The summed E-state index contributed by atoms with van der Waals surface area (Å²) in [6, 6.07) is 7.45. The Hall–Kier alpha value is -2.88. The molecule has 2 aromatic rings. The summed E-state index contributed by atoms with van der Waals surface area (Å²) in [7, 11) is 3.20. The van der Waals surface area contributed by atoms with Gasteiger partial charge in [0, 0.05) is 36.5 Å². The van der Waals surface area contributed by atoms with Gasteiger partial charge in [-0.2, -0.15) is 26.3 Å². The lowest BCUT2D eigenvalue weighted by Crippen LogP contribution is -2.35. The molecule has 0 amide bonds. The van der Waals surface area contributed by atoms with Crippen LogP contribution >= 0.6 is 0 Å². The Kier molecular flexibility index (Phi) is 8.81. The largest absolute Gasteiger partial charge is 0.497 e. The summed E-state index contributed by atoms with van der Waals surface area (Å²) in [6.07, 6.45) is -6.24. The van der Waals surface area contributed by atoms with Gasteiger partial charge in [-0.25, -0.2) is 0 Å². The van der Waals surface area contributed by atoms with Crippen molar-refractivity contribution in [3.8, 4) is 11.5 Å². The van der Waals surface area contributed by atoms with Crippen molar-refractivity contribution >= 4 is 5.70 Å². The van der Waals surface area contributed by atoms with Gasteiger partial charge in [0.15, 0.2) is 0 Å². The smallest absolute Gasteiger partial charge is 0.416 e.